The number of aromatic nitrogens is 5. The standard InChI is InChI=1S/C13H16N6S/c1-13(2,3)9-6-20-10(17-9)4-8-7-5-15-19-11(7)18-12(14)16-8/h5-6H,4H2,1-3H3,(H3,14,15,16,18,19). The summed E-state index contributed by atoms with van der Waals surface area (Å²) in [5, 5.41) is 10.8. The second-order valence-electron chi connectivity index (χ2n) is 5.71. The highest BCUT2D eigenvalue weighted by atomic mass is 32.1. The number of nitrogens with one attached hydrogen (secondary N) is 1. The summed E-state index contributed by atoms with van der Waals surface area (Å²) in [7, 11) is 0. The first-order valence-corrected chi connectivity index (χ1v) is 7.22. The highest BCUT2D eigenvalue weighted by molar-refractivity contribution is 7.09. The maximum atomic E-state index is 5.72. The third-order valence-corrected chi connectivity index (χ3v) is 3.89. The molecule has 7 heteroatoms. The van der Waals surface area contributed by atoms with Crippen LogP contribution in [0.1, 0.15) is 37.2 Å². The van der Waals surface area contributed by atoms with Crippen molar-refractivity contribution in [2.75, 3.05) is 5.73 Å². The molecule has 3 aromatic rings. The minimum Gasteiger partial charge on any atom is -0.368 e. The van der Waals surface area contributed by atoms with E-state index < -0.39 is 0 Å². The summed E-state index contributed by atoms with van der Waals surface area (Å²) >= 11 is 1.65. The summed E-state index contributed by atoms with van der Waals surface area (Å²) in [5.41, 5.74) is 8.41. The van der Waals surface area contributed by atoms with Gasteiger partial charge in [0.25, 0.3) is 0 Å². The topological polar surface area (TPSA) is 93.4 Å². The Kier molecular flexibility index (Phi) is 2.93. The van der Waals surface area contributed by atoms with Gasteiger partial charge in [0.05, 0.1) is 28.0 Å². The van der Waals surface area contributed by atoms with Crippen molar-refractivity contribution < 1.29 is 0 Å². The van der Waals surface area contributed by atoms with E-state index in [0.29, 0.717) is 12.1 Å². The molecule has 0 aliphatic carbocycles. The van der Waals surface area contributed by atoms with Gasteiger partial charge in [0.1, 0.15) is 0 Å². The molecular weight excluding hydrogens is 272 g/mol. The van der Waals surface area contributed by atoms with E-state index in [-0.39, 0.29) is 11.4 Å². The number of hydrogen-bond acceptors (Lipinski definition) is 6. The molecule has 20 heavy (non-hydrogen) atoms. The smallest absolute Gasteiger partial charge is 0.222 e. The maximum absolute atomic E-state index is 5.72. The monoisotopic (exact) mass is 288 g/mol. The lowest BCUT2D eigenvalue weighted by atomic mass is 9.93. The van der Waals surface area contributed by atoms with E-state index in [0.717, 1.165) is 21.8 Å². The summed E-state index contributed by atoms with van der Waals surface area (Å²) < 4.78 is 0. The number of nitrogen functional groups attached to an aromatic ring is 1. The van der Waals surface area contributed by atoms with Crippen LogP contribution in [0.15, 0.2) is 11.6 Å². The number of aromatic amines is 1. The quantitative estimate of drug-likeness (QED) is 0.754. The Hall–Kier alpha value is -2.02. The third kappa shape index (κ3) is 2.36. The molecule has 0 amide bonds. The van der Waals surface area contributed by atoms with Crippen LogP contribution in [-0.2, 0) is 11.8 Å². The van der Waals surface area contributed by atoms with Crippen molar-refractivity contribution >= 4 is 28.3 Å². The molecule has 0 fully saturated rings. The van der Waals surface area contributed by atoms with Crippen molar-refractivity contribution in [1.82, 2.24) is 25.1 Å². The van der Waals surface area contributed by atoms with Crippen LogP contribution in [0.4, 0.5) is 5.95 Å². The van der Waals surface area contributed by atoms with Crippen LogP contribution < -0.4 is 5.73 Å². The predicted octanol–water partition coefficient (Wildman–Crippen LogP) is 2.28. The third-order valence-electron chi connectivity index (χ3n) is 3.04. The highest BCUT2D eigenvalue weighted by Crippen LogP contribution is 2.26. The molecule has 0 radical (unpaired) electrons. The molecule has 104 valence electrons. The first kappa shape index (κ1) is 13.0. The molecule has 0 atom stereocenters. The molecule has 0 aliphatic rings. The van der Waals surface area contributed by atoms with Gasteiger partial charge in [0, 0.05) is 17.2 Å². The molecule has 6 nitrogen and oxygen atoms in total. The molecular formula is C13H16N6S. The average Bonchev–Trinajstić information content (AvgIpc) is 2.95. The molecule has 0 bridgehead atoms. The first-order valence-electron chi connectivity index (χ1n) is 6.34. The average molecular weight is 288 g/mol. The van der Waals surface area contributed by atoms with Crippen LogP contribution in [0.5, 0.6) is 0 Å². The molecule has 3 heterocycles. The molecule has 0 aliphatic heterocycles. The van der Waals surface area contributed by atoms with Gasteiger partial charge in [-0.25, -0.2) is 9.97 Å². The fraction of sp³-hybridized carbons (Fsp3) is 0.385. The number of anilines is 1. The number of fused-ring (bicyclic) bond motifs is 1. The lowest BCUT2D eigenvalue weighted by Crippen LogP contribution is -2.11. The maximum Gasteiger partial charge on any atom is 0.222 e. The molecule has 0 saturated carbocycles. The van der Waals surface area contributed by atoms with Crippen molar-refractivity contribution in [3.05, 3.63) is 28.0 Å². The lowest BCUT2D eigenvalue weighted by Gasteiger charge is -2.14. The van der Waals surface area contributed by atoms with E-state index in [1.54, 1.807) is 17.5 Å². The Morgan fingerprint density at radius 1 is 1.25 bits per heavy atom. The van der Waals surface area contributed by atoms with Gasteiger partial charge in [-0.15, -0.1) is 11.3 Å². The van der Waals surface area contributed by atoms with Gasteiger partial charge in [-0.2, -0.15) is 10.1 Å². The molecule has 3 aromatic heterocycles. The van der Waals surface area contributed by atoms with Crippen LogP contribution in [-0.4, -0.2) is 25.1 Å². The zero-order chi connectivity index (χ0) is 14.3. The molecule has 0 unspecified atom stereocenters. The van der Waals surface area contributed by atoms with E-state index in [2.05, 4.69) is 51.3 Å². The molecule has 0 aromatic carbocycles. The molecule has 0 saturated heterocycles. The van der Waals surface area contributed by atoms with Crippen LogP contribution >= 0.6 is 11.3 Å². The molecule has 3 rings (SSSR count). The molecule has 0 spiro atoms. The normalized spacial score (nSPS) is 12.2. The van der Waals surface area contributed by atoms with E-state index >= 15 is 0 Å². The summed E-state index contributed by atoms with van der Waals surface area (Å²) in [4.78, 5) is 13.1. The van der Waals surface area contributed by atoms with Gasteiger partial charge in [0.2, 0.25) is 5.95 Å². The van der Waals surface area contributed by atoms with Gasteiger partial charge in [0.15, 0.2) is 5.65 Å². The number of thiazole rings is 1. The van der Waals surface area contributed by atoms with E-state index in [1.807, 2.05) is 0 Å². The Bertz CT molecular complexity index is 752. The summed E-state index contributed by atoms with van der Waals surface area (Å²) in [6, 6.07) is 0. The Labute approximate surface area is 120 Å². The summed E-state index contributed by atoms with van der Waals surface area (Å²) in [6.07, 6.45) is 2.37. The highest BCUT2D eigenvalue weighted by Gasteiger charge is 2.18. The second-order valence-corrected chi connectivity index (χ2v) is 6.66. The fourth-order valence-corrected chi connectivity index (χ4v) is 2.95. The number of H-pyrrole nitrogens is 1. The van der Waals surface area contributed by atoms with Crippen molar-refractivity contribution in [3.8, 4) is 0 Å². The van der Waals surface area contributed by atoms with Gasteiger partial charge < -0.3 is 5.73 Å². The summed E-state index contributed by atoms with van der Waals surface area (Å²) in [6.45, 7) is 6.47. The zero-order valence-corrected chi connectivity index (χ0v) is 12.5. The Balaban J connectivity index is 1.97. The minimum atomic E-state index is 0.0599. The van der Waals surface area contributed by atoms with Crippen molar-refractivity contribution in [3.63, 3.8) is 0 Å². The van der Waals surface area contributed by atoms with Gasteiger partial charge in [-0.3, -0.25) is 5.10 Å². The fourth-order valence-electron chi connectivity index (χ4n) is 1.93. The number of hydrogen-bond donors (Lipinski definition) is 2. The Morgan fingerprint density at radius 2 is 2.05 bits per heavy atom. The van der Waals surface area contributed by atoms with Crippen LogP contribution in [0.3, 0.4) is 0 Å². The van der Waals surface area contributed by atoms with Crippen molar-refractivity contribution in [2.45, 2.75) is 32.6 Å². The van der Waals surface area contributed by atoms with E-state index in [9.17, 15) is 0 Å². The van der Waals surface area contributed by atoms with Crippen LogP contribution in [0.25, 0.3) is 11.0 Å². The van der Waals surface area contributed by atoms with Crippen molar-refractivity contribution in [1.29, 1.82) is 0 Å². The number of nitrogens with zero attached hydrogens (tertiary/aromatic N) is 4. The van der Waals surface area contributed by atoms with Gasteiger partial charge >= 0.3 is 0 Å². The largest absolute Gasteiger partial charge is 0.368 e. The van der Waals surface area contributed by atoms with Crippen molar-refractivity contribution in [2.24, 2.45) is 0 Å². The van der Waals surface area contributed by atoms with Crippen LogP contribution in [0.2, 0.25) is 0 Å². The second kappa shape index (κ2) is 4.52. The van der Waals surface area contributed by atoms with Crippen LogP contribution in [0, 0.1) is 0 Å². The Morgan fingerprint density at radius 3 is 2.75 bits per heavy atom. The lowest BCUT2D eigenvalue weighted by molar-refractivity contribution is 0.571. The van der Waals surface area contributed by atoms with Gasteiger partial charge in [-0.05, 0) is 0 Å². The number of nitrogens with two attached hydrogens (primary N) is 1. The summed E-state index contributed by atoms with van der Waals surface area (Å²) in [5.74, 6) is 0.254. The van der Waals surface area contributed by atoms with E-state index in [4.69, 9.17) is 5.73 Å². The van der Waals surface area contributed by atoms with E-state index in [1.165, 1.54) is 0 Å². The predicted molar refractivity (Wildman–Crippen MR) is 79.7 cm³/mol. The molecule has 3 N–H and O–H groups in total. The van der Waals surface area contributed by atoms with Gasteiger partial charge in [-0.1, -0.05) is 20.8 Å². The first-order chi connectivity index (χ1) is 9.43. The SMILES string of the molecule is CC(C)(C)c1csc(Cc2nc(N)nc3[nH]ncc23)n1. The number of rotatable bonds is 2. The zero-order valence-electron chi connectivity index (χ0n) is 11.6. The minimum absolute atomic E-state index is 0.0599.